The minimum Gasteiger partial charge on any atom is -0.393 e. The summed E-state index contributed by atoms with van der Waals surface area (Å²) in [5.74, 6) is 0.0842. The van der Waals surface area contributed by atoms with Crippen molar-refractivity contribution >= 4 is 78.6 Å². The number of rotatable bonds is 8. The van der Waals surface area contributed by atoms with Crippen LogP contribution in [0.1, 0.15) is 12.8 Å². The molecular formula is C20H16N2O3S4. The normalized spacial score (nSPS) is 11.2. The minimum absolute atomic E-state index is 0.178. The van der Waals surface area contributed by atoms with E-state index in [2.05, 4.69) is 9.97 Å². The largest absolute Gasteiger partial charge is 0.393 e. The zero-order valence-corrected chi connectivity index (χ0v) is 18.5. The summed E-state index contributed by atoms with van der Waals surface area (Å²) in [5, 5.41) is 0. The van der Waals surface area contributed by atoms with Crippen molar-refractivity contribution in [1.82, 2.24) is 9.97 Å². The summed E-state index contributed by atoms with van der Waals surface area (Å²) in [4.78, 5) is 32.8. The zero-order valence-electron chi connectivity index (χ0n) is 15.2. The molecule has 0 saturated carbocycles. The van der Waals surface area contributed by atoms with Gasteiger partial charge in [-0.05, 0) is 24.3 Å². The van der Waals surface area contributed by atoms with Crippen LogP contribution < -0.4 is 0 Å². The van der Waals surface area contributed by atoms with E-state index in [1.54, 1.807) is 22.7 Å². The Balaban J connectivity index is 1.16. The predicted molar refractivity (Wildman–Crippen MR) is 121 cm³/mol. The van der Waals surface area contributed by atoms with Crippen molar-refractivity contribution < 1.29 is 14.3 Å². The van der Waals surface area contributed by atoms with Crippen LogP contribution in [0.2, 0.25) is 0 Å². The second-order valence-electron chi connectivity index (χ2n) is 5.94. The molecule has 2 aromatic heterocycles. The molecule has 0 atom stereocenters. The Hall–Kier alpha value is -1.94. The molecule has 148 valence electrons. The van der Waals surface area contributed by atoms with E-state index < -0.39 is 11.9 Å². The molecule has 4 rings (SSSR count). The maximum absolute atomic E-state index is 11.9. The molecule has 2 aromatic carbocycles. The van der Waals surface area contributed by atoms with Gasteiger partial charge in [-0.1, -0.05) is 47.8 Å². The van der Waals surface area contributed by atoms with Crippen LogP contribution in [-0.2, 0) is 14.3 Å². The number of carbonyl (C=O) groups is 2. The van der Waals surface area contributed by atoms with Crippen LogP contribution in [0.25, 0.3) is 20.4 Å². The smallest absolute Gasteiger partial charge is 0.314 e. The number of hydrogen-bond donors (Lipinski definition) is 0. The third kappa shape index (κ3) is 5.57. The number of thioether (sulfide) groups is 2. The first-order chi connectivity index (χ1) is 14.2. The highest BCUT2D eigenvalue weighted by Gasteiger charge is 2.12. The third-order valence-electron chi connectivity index (χ3n) is 3.84. The molecule has 0 aliphatic heterocycles. The van der Waals surface area contributed by atoms with E-state index in [9.17, 15) is 9.59 Å². The van der Waals surface area contributed by atoms with E-state index >= 15 is 0 Å². The summed E-state index contributed by atoms with van der Waals surface area (Å²) in [7, 11) is 0. The minimum atomic E-state index is -0.492. The summed E-state index contributed by atoms with van der Waals surface area (Å²) >= 11 is 6.20. The van der Waals surface area contributed by atoms with Gasteiger partial charge >= 0.3 is 11.9 Å². The van der Waals surface area contributed by atoms with Crippen molar-refractivity contribution in [3.63, 3.8) is 0 Å². The highest BCUT2D eigenvalue weighted by molar-refractivity contribution is 8.01. The number of hydrogen-bond acceptors (Lipinski definition) is 9. The number of para-hydroxylation sites is 2. The number of aromatic nitrogens is 2. The highest BCUT2D eigenvalue weighted by Crippen LogP contribution is 2.30. The van der Waals surface area contributed by atoms with Gasteiger partial charge in [0.1, 0.15) is 0 Å². The lowest BCUT2D eigenvalue weighted by Gasteiger charge is -2.02. The number of fused-ring (bicyclic) bond motifs is 2. The number of benzene rings is 2. The molecule has 0 bridgehead atoms. The van der Waals surface area contributed by atoms with Gasteiger partial charge in [-0.15, -0.1) is 22.7 Å². The van der Waals surface area contributed by atoms with Gasteiger partial charge < -0.3 is 4.74 Å². The van der Waals surface area contributed by atoms with E-state index in [-0.39, 0.29) is 12.8 Å². The van der Waals surface area contributed by atoms with E-state index in [4.69, 9.17) is 4.74 Å². The van der Waals surface area contributed by atoms with Gasteiger partial charge in [0.05, 0.1) is 33.3 Å². The van der Waals surface area contributed by atoms with Gasteiger partial charge in [-0.3, -0.25) is 9.59 Å². The topological polar surface area (TPSA) is 69.2 Å². The van der Waals surface area contributed by atoms with Gasteiger partial charge in [-0.2, -0.15) is 0 Å². The first-order valence-electron chi connectivity index (χ1n) is 8.87. The Kier molecular flexibility index (Phi) is 6.81. The Labute approximate surface area is 183 Å². The van der Waals surface area contributed by atoms with Gasteiger partial charge in [0.25, 0.3) is 0 Å². The fourth-order valence-corrected chi connectivity index (χ4v) is 6.61. The molecule has 0 radical (unpaired) electrons. The van der Waals surface area contributed by atoms with E-state index in [1.165, 1.54) is 23.5 Å². The van der Waals surface area contributed by atoms with Crippen molar-refractivity contribution in [2.45, 2.75) is 21.5 Å². The molecule has 5 nitrogen and oxygen atoms in total. The van der Waals surface area contributed by atoms with E-state index in [0.29, 0.717) is 11.5 Å². The predicted octanol–water partition coefficient (Wildman–Crippen LogP) is 5.64. The monoisotopic (exact) mass is 460 g/mol. The molecule has 0 amide bonds. The lowest BCUT2D eigenvalue weighted by molar-refractivity contribution is -0.159. The lowest BCUT2D eigenvalue weighted by atomic mass is 10.3. The summed E-state index contributed by atoms with van der Waals surface area (Å²) in [6, 6.07) is 15.8. The van der Waals surface area contributed by atoms with Crippen molar-refractivity contribution in [2.75, 3.05) is 11.5 Å². The Morgan fingerprint density at radius 2 is 1.21 bits per heavy atom. The molecule has 0 spiro atoms. The molecule has 0 unspecified atom stereocenters. The summed E-state index contributed by atoms with van der Waals surface area (Å²) in [6.07, 6.45) is 0.356. The van der Waals surface area contributed by atoms with Crippen molar-refractivity contribution in [3.05, 3.63) is 48.5 Å². The first-order valence-corrected chi connectivity index (χ1v) is 12.5. The molecule has 0 saturated heterocycles. The molecule has 0 N–H and O–H groups in total. The second-order valence-corrected chi connectivity index (χ2v) is 10.7. The maximum Gasteiger partial charge on any atom is 0.314 e. The van der Waals surface area contributed by atoms with Crippen molar-refractivity contribution in [3.8, 4) is 0 Å². The first kappa shape index (κ1) is 20.3. The molecule has 0 aliphatic carbocycles. The molecule has 29 heavy (non-hydrogen) atoms. The summed E-state index contributed by atoms with van der Waals surface area (Å²) < 4.78 is 8.98. The molecule has 0 fully saturated rings. The Morgan fingerprint density at radius 3 is 1.66 bits per heavy atom. The number of nitrogens with zero attached hydrogens (tertiary/aromatic N) is 2. The summed E-state index contributed by atoms with van der Waals surface area (Å²) in [6.45, 7) is 0. The van der Waals surface area contributed by atoms with Gasteiger partial charge in [-0.25, -0.2) is 9.97 Å². The SMILES string of the molecule is O=C(CCSc1nc2ccccc2s1)OC(=O)CCSc1nc2ccccc2s1. The van der Waals surface area contributed by atoms with Crippen LogP contribution >= 0.6 is 46.2 Å². The van der Waals surface area contributed by atoms with Gasteiger partial charge in [0.2, 0.25) is 0 Å². The number of esters is 2. The number of ether oxygens (including phenoxy) is 1. The number of thiazole rings is 2. The van der Waals surface area contributed by atoms with E-state index in [1.807, 2.05) is 48.5 Å². The lowest BCUT2D eigenvalue weighted by Crippen LogP contribution is -2.13. The third-order valence-corrected chi connectivity index (χ3v) is 8.20. The average Bonchev–Trinajstić information content (AvgIpc) is 3.30. The number of carbonyl (C=O) groups excluding carboxylic acids is 2. The molecule has 0 aliphatic rings. The van der Waals surface area contributed by atoms with E-state index in [0.717, 1.165) is 29.1 Å². The molecule has 4 aromatic rings. The van der Waals surface area contributed by atoms with Crippen LogP contribution in [0.3, 0.4) is 0 Å². The highest BCUT2D eigenvalue weighted by atomic mass is 32.2. The average molecular weight is 461 g/mol. The van der Waals surface area contributed by atoms with Crippen molar-refractivity contribution in [2.24, 2.45) is 0 Å². The molecule has 2 heterocycles. The fourth-order valence-electron chi connectivity index (χ4n) is 2.50. The molecular weight excluding hydrogens is 444 g/mol. The van der Waals surface area contributed by atoms with Crippen LogP contribution in [-0.4, -0.2) is 33.4 Å². The summed E-state index contributed by atoms with van der Waals surface area (Å²) in [5.41, 5.74) is 1.92. The Bertz CT molecular complexity index is 999. The van der Waals surface area contributed by atoms with Crippen LogP contribution in [0.4, 0.5) is 0 Å². The second kappa shape index (κ2) is 9.71. The fraction of sp³-hybridized carbons (Fsp3) is 0.200. The van der Waals surface area contributed by atoms with Crippen LogP contribution in [0.15, 0.2) is 57.2 Å². The van der Waals surface area contributed by atoms with Crippen LogP contribution in [0.5, 0.6) is 0 Å². The van der Waals surface area contributed by atoms with Gasteiger partial charge in [0.15, 0.2) is 8.68 Å². The zero-order chi connectivity index (χ0) is 20.1. The van der Waals surface area contributed by atoms with Crippen LogP contribution in [0, 0.1) is 0 Å². The van der Waals surface area contributed by atoms with Gasteiger partial charge in [0, 0.05) is 11.5 Å². The quantitative estimate of drug-likeness (QED) is 0.191. The Morgan fingerprint density at radius 1 is 0.759 bits per heavy atom. The maximum atomic E-state index is 11.9. The standard InChI is InChI=1S/C20H16N2O3S4/c23-17(9-11-26-19-21-13-5-1-3-7-15(13)28-19)25-18(24)10-12-27-20-22-14-6-2-4-8-16(14)29-20/h1-8H,9-12H2. The molecule has 9 heteroatoms. The van der Waals surface area contributed by atoms with Crippen molar-refractivity contribution in [1.29, 1.82) is 0 Å².